The molecule has 0 aromatic heterocycles. The number of carbonyl (C=O) groups is 1. The summed E-state index contributed by atoms with van der Waals surface area (Å²) in [7, 11) is 3.97. The van der Waals surface area contributed by atoms with Crippen molar-refractivity contribution in [1.82, 2.24) is 5.43 Å². The van der Waals surface area contributed by atoms with Gasteiger partial charge in [0.25, 0.3) is 5.91 Å². The number of nitrogens with zero attached hydrogens (tertiary/aromatic N) is 2. The minimum absolute atomic E-state index is 0.0535. The number of rotatable bonds is 6. The maximum absolute atomic E-state index is 11.9. The van der Waals surface area contributed by atoms with Gasteiger partial charge in [0.15, 0.2) is 6.61 Å². The van der Waals surface area contributed by atoms with Gasteiger partial charge in [-0.15, -0.1) is 0 Å². The van der Waals surface area contributed by atoms with Gasteiger partial charge in [0.2, 0.25) is 0 Å². The number of amides is 1. The molecule has 0 radical (unpaired) electrons. The predicted molar refractivity (Wildman–Crippen MR) is 115 cm³/mol. The molecular weight excluding hydrogens is 406 g/mol. The van der Waals surface area contributed by atoms with Crippen LogP contribution in [0.3, 0.4) is 0 Å². The van der Waals surface area contributed by atoms with Crippen molar-refractivity contribution in [1.29, 1.82) is 0 Å². The Hall–Kier alpha value is -2.34. The van der Waals surface area contributed by atoms with E-state index in [9.17, 15) is 4.79 Å². The van der Waals surface area contributed by atoms with Crippen LogP contribution in [0.5, 0.6) is 5.75 Å². The summed E-state index contributed by atoms with van der Waals surface area (Å²) in [4.78, 5) is 13.9. The first kappa shape index (κ1) is 21.0. The maximum Gasteiger partial charge on any atom is 0.277 e. The molecule has 0 fully saturated rings. The van der Waals surface area contributed by atoms with Gasteiger partial charge < -0.3 is 9.64 Å². The van der Waals surface area contributed by atoms with Gasteiger partial charge in [0, 0.05) is 19.8 Å². The molecule has 0 unspecified atom stereocenters. The monoisotopic (exact) mass is 431 g/mol. The lowest BCUT2D eigenvalue weighted by Crippen LogP contribution is -2.24. The van der Waals surface area contributed by atoms with Crippen molar-refractivity contribution >= 4 is 33.7 Å². The van der Waals surface area contributed by atoms with Gasteiger partial charge in [-0.1, -0.05) is 39.0 Å². The Labute approximate surface area is 169 Å². The molecule has 5 nitrogen and oxygen atoms in total. The predicted octanol–water partition coefficient (Wildman–Crippen LogP) is 4.34. The number of benzene rings is 2. The van der Waals surface area contributed by atoms with Crippen LogP contribution in [-0.2, 0) is 10.2 Å². The second-order valence-corrected chi connectivity index (χ2v) is 8.32. The summed E-state index contributed by atoms with van der Waals surface area (Å²) in [6.45, 7) is 6.34. The molecule has 0 bridgehead atoms. The molecule has 2 aromatic rings. The number of hydrogen-bond acceptors (Lipinski definition) is 4. The second kappa shape index (κ2) is 9.04. The van der Waals surface area contributed by atoms with Gasteiger partial charge in [-0.25, -0.2) is 5.43 Å². The van der Waals surface area contributed by atoms with Crippen molar-refractivity contribution in [2.75, 3.05) is 25.6 Å². The van der Waals surface area contributed by atoms with Crippen molar-refractivity contribution in [3.63, 3.8) is 0 Å². The number of halogens is 1. The fraction of sp³-hybridized carbons (Fsp3) is 0.333. The summed E-state index contributed by atoms with van der Waals surface area (Å²) in [5, 5.41) is 3.97. The molecule has 27 heavy (non-hydrogen) atoms. The summed E-state index contributed by atoms with van der Waals surface area (Å²) < 4.78 is 6.40. The maximum atomic E-state index is 11.9. The Morgan fingerprint density at radius 1 is 1.19 bits per heavy atom. The Kier molecular flexibility index (Phi) is 7.02. The highest BCUT2D eigenvalue weighted by atomic mass is 79.9. The molecule has 144 valence electrons. The molecule has 0 saturated carbocycles. The van der Waals surface area contributed by atoms with Gasteiger partial charge >= 0.3 is 0 Å². The molecule has 0 aliphatic heterocycles. The molecule has 1 amide bonds. The van der Waals surface area contributed by atoms with Crippen molar-refractivity contribution in [2.45, 2.75) is 26.2 Å². The Balaban J connectivity index is 1.85. The summed E-state index contributed by atoms with van der Waals surface area (Å²) in [5.74, 6) is 0.310. The summed E-state index contributed by atoms with van der Waals surface area (Å²) >= 11 is 3.50. The number of nitrogens with one attached hydrogen (secondary N) is 1. The quantitative estimate of drug-likeness (QED) is 0.546. The van der Waals surface area contributed by atoms with E-state index in [1.165, 1.54) is 5.56 Å². The van der Waals surface area contributed by atoms with Crippen molar-refractivity contribution < 1.29 is 9.53 Å². The van der Waals surface area contributed by atoms with E-state index >= 15 is 0 Å². The summed E-state index contributed by atoms with van der Waals surface area (Å²) in [6, 6.07) is 13.8. The Bertz CT molecular complexity index is 809. The van der Waals surface area contributed by atoms with Gasteiger partial charge in [-0.05, 0) is 56.7 Å². The number of ether oxygens (including phenoxy) is 1. The minimum Gasteiger partial charge on any atom is -0.483 e. The van der Waals surface area contributed by atoms with Crippen LogP contribution in [-0.4, -0.2) is 32.8 Å². The standard InChI is InChI=1S/C21H26BrN3O2/c1-21(2,3)16-8-11-19(18(22)12-16)27-14-20(26)24-23-13-15-6-9-17(10-7-15)25(4)5/h6-13H,14H2,1-5H3,(H,24,26)/b23-13-. The number of carbonyl (C=O) groups excluding carboxylic acids is 1. The highest BCUT2D eigenvalue weighted by molar-refractivity contribution is 9.10. The fourth-order valence-corrected chi connectivity index (χ4v) is 2.79. The van der Waals surface area contributed by atoms with E-state index in [-0.39, 0.29) is 17.9 Å². The van der Waals surface area contributed by atoms with E-state index < -0.39 is 0 Å². The smallest absolute Gasteiger partial charge is 0.277 e. The fourth-order valence-electron chi connectivity index (χ4n) is 2.30. The normalized spacial score (nSPS) is 11.5. The van der Waals surface area contributed by atoms with Crippen LogP contribution in [0.2, 0.25) is 0 Å². The molecule has 2 rings (SSSR count). The third-order valence-corrected chi connectivity index (χ3v) is 4.59. The Morgan fingerprint density at radius 2 is 1.85 bits per heavy atom. The highest BCUT2D eigenvalue weighted by Crippen LogP contribution is 2.31. The van der Waals surface area contributed by atoms with E-state index in [0.29, 0.717) is 5.75 Å². The molecule has 6 heteroatoms. The molecule has 0 heterocycles. The molecular formula is C21H26BrN3O2. The third kappa shape index (κ3) is 6.40. The summed E-state index contributed by atoms with van der Waals surface area (Å²) in [6.07, 6.45) is 1.60. The minimum atomic E-state index is -0.317. The van der Waals surface area contributed by atoms with E-state index in [4.69, 9.17) is 4.74 Å². The van der Waals surface area contributed by atoms with Crippen LogP contribution in [0.4, 0.5) is 5.69 Å². The van der Waals surface area contributed by atoms with E-state index in [1.807, 2.05) is 61.5 Å². The van der Waals surface area contributed by atoms with Gasteiger partial charge in [-0.2, -0.15) is 5.10 Å². The number of hydrazone groups is 1. The lowest BCUT2D eigenvalue weighted by Gasteiger charge is -2.20. The highest BCUT2D eigenvalue weighted by Gasteiger charge is 2.15. The number of hydrogen-bond donors (Lipinski definition) is 1. The second-order valence-electron chi connectivity index (χ2n) is 7.46. The van der Waals surface area contributed by atoms with Crippen LogP contribution >= 0.6 is 15.9 Å². The summed E-state index contributed by atoms with van der Waals surface area (Å²) in [5.41, 5.74) is 5.73. The zero-order valence-corrected chi connectivity index (χ0v) is 18.0. The SMILES string of the molecule is CN(C)c1ccc(/C=N\NC(=O)COc2ccc(C(C)(C)C)cc2Br)cc1. The van der Waals surface area contributed by atoms with Gasteiger partial charge in [-0.3, -0.25) is 4.79 Å². The van der Waals surface area contributed by atoms with Crippen molar-refractivity contribution in [3.05, 3.63) is 58.1 Å². The molecule has 1 N–H and O–H groups in total. The lowest BCUT2D eigenvalue weighted by molar-refractivity contribution is -0.123. The zero-order chi connectivity index (χ0) is 20.0. The molecule has 0 aliphatic rings. The molecule has 0 spiro atoms. The van der Waals surface area contributed by atoms with Gasteiger partial charge in [0.05, 0.1) is 10.7 Å². The van der Waals surface area contributed by atoms with Crippen molar-refractivity contribution in [2.24, 2.45) is 5.10 Å². The average Bonchev–Trinajstić information content (AvgIpc) is 2.60. The first-order chi connectivity index (χ1) is 12.7. The first-order valence-corrected chi connectivity index (χ1v) is 9.48. The Morgan fingerprint density at radius 3 is 2.41 bits per heavy atom. The molecule has 0 saturated heterocycles. The third-order valence-electron chi connectivity index (χ3n) is 3.97. The van der Waals surface area contributed by atoms with Crippen LogP contribution in [0.15, 0.2) is 52.0 Å². The van der Waals surface area contributed by atoms with E-state index in [1.54, 1.807) is 6.21 Å². The van der Waals surface area contributed by atoms with Crippen LogP contribution in [0, 0.1) is 0 Å². The van der Waals surface area contributed by atoms with Gasteiger partial charge in [0.1, 0.15) is 5.75 Å². The van der Waals surface area contributed by atoms with Crippen LogP contribution < -0.4 is 15.1 Å². The van der Waals surface area contributed by atoms with Crippen molar-refractivity contribution in [3.8, 4) is 5.75 Å². The van der Waals surface area contributed by atoms with E-state index in [0.717, 1.165) is 15.7 Å². The zero-order valence-electron chi connectivity index (χ0n) is 16.4. The largest absolute Gasteiger partial charge is 0.483 e. The van der Waals surface area contributed by atoms with Crippen LogP contribution in [0.1, 0.15) is 31.9 Å². The average molecular weight is 432 g/mol. The molecule has 0 aliphatic carbocycles. The molecule has 2 aromatic carbocycles. The lowest BCUT2D eigenvalue weighted by atomic mass is 9.87. The number of anilines is 1. The van der Waals surface area contributed by atoms with E-state index in [2.05, 4.69) is 47.2 Å². The van der Waals surface area contributed by atoms with Crippen LogP contribution in [0.25, 0.3) is 0 Å². The molecule has 0 atom stereocenters. The first-order valence-electron chi connectivity index (χ1n) is 8.69. The topological polar surface area (TPSA) is 53.9 Å².